The number of hydrogen-bond acceptors (Lipinski definition) is 8. The molecule has 4 rings (SSSR count). The summed E-state index contributed by atoms with van der Waals surface area (Å²) in [4.78, 5) is 16.6. The van der Waals surface area contributed by atoms with Crippen molar-refractivity contribution in [1.29, 1.82) is 0 Å². The van der Waals surface area contributed by atoms with Crippen molar-refractivity contribution in [2.75, 3.05) is 17.8 Å². The Morgan fingerprint density at radius 2 is 2.08 bits per heavy atom. The SMILES string of the molecule is CC1CC(C(=O)O)CCN1CCCc1cc(Cl)ccc1Oc1cc(F)c(S(=O)(=O)Nc2ncns2)cc1Cl. The molecule has 0 radical (unpaired) electrons. The van der Waals surface area contributed by atoms with E-state index in [9.17, 15) is 22.7 Å². The van der Waals surface area contributed by atoms with E-state index in [-0.39, 0.29) is 27.9 Å². The van der Waals surface area contributed by atoms with Gasteiger partial charge in [-0.2, -0.15) is 4.37 Å². The third-order valence-electron chi connectivity index (χ3n) is 6.36. The number of nitrogens with zero attached hydrogens (tertiary/aromatic N) is 3. The second-order valence-corrected chi connectivity index (χ2v) is 12.2. The zero-order chi connectivity index (χ0) is 27.4. The fourth-order valence-electron chi connectivity index (χ4n) is 4.39. The number of benzene rings is 2. The molecular weight excluding hydrogens is 578 g/mol. The van der Waals surface area contributed by atoms with Gasteiger partial charge < -0.3 is 14.7 Å². The van der Waals surface area contributed by atoms with E-state index in [1.807, 2.05) is 6.92 Å². The first kappa shape index (κ1) is 28.5. The lowest BCUT2D eigenvalue weighted by atomic mass is 9.91. The lowest BCUT2D eigenvalue weighted by molar-refractivity contribution is -0.144. The van der Waals surface area contributed by atoms with Gasteiger partial charge in [0, 0.05) is 28.7 Å². The number of ether oxygens (including phenoxy) is 1. The number of carboxylic acid groups (broad SMARTS) is 1. The number of aliphatic carboxylic acids is 1. The summed E-state index contributed by atoms with van der Waals surface area (Å²) in [5, 5.41) is 9.67. The topological polar surface area (TPSA) is 122 Å². The number of likely N-dealkylation sites (tertiary alicyclic amines) is 1. The molecule has 2 heterocycles. The summed E-state index contributed by atoms with van der Waals surface area (Å²) < 4.78 is 51.9. The highest BCUT2D eigenvalue weighted by Gasteiger charge is 2.29. The van der Waals surface area contributed by atoms with Crippen molar-refractivity contribution in [2.24, 2.45) is 5.92 Å². The Hall–Kier alpha value is -2.51. The van der Waals surface area contributed by atoms with Gasteiger partial charge in [0.05, 0.1) is 10.9 Å². The molecule has 2 unspecified atom stereocenters. The maximum absolute atomic E-state index is 14.9. The first-order chi connectivity index (χ1) is 18.0. The van der Waals surface area contributed by atoms with Crippen LogP contribution in [-0.2, 0) is 21.2 Å². The summed E-state index contributed by atoms with van der Waals surface area (Å²) in [6, 6.07) is 7.10. The van der Waals surface area contributed by atoms with Gasteiger partial charge in [-0.25, -0.2) is 17.8 Å². The molecular formula is C24H25Cl2FN4O5S2. The number of sulfonamides is 1. The number of aryl methyl sites for hydroxylation is 1. The van der Waals surface area contributed by atoms with Gasteiger partial charge in [-0.3, -0.25) is 9.52 Å². The van der Waals surface area contributed by atoms with Crippen LogP contribution in [0.5, 0.6) is 11.5 Å². The Bertz CT molecular complexity index is 1410. The molecule has 0 saturated carbocycles. The fourth-order valence-corrected chi connectivity index (χ4v) is 6.60. The van der Waals surface area contributed by atoms with Crippen LogP contribution in [0.15, 0.2) is 41.6 Å². The van der Waals surface area contributed by atoms with Crippen LogP contribution in [0.25, 0.3) is 0 Å². The van der Waals surface area contributed by atoms with Gasteiger partial charge in [-0.15, -0.1) is 0 Å². The van der Waals surface area contributed by atoms with Crippen LogP contribution < -0.4 is 9.46 Å². The minimum absolute atomic E-state index is 0.00712. The van der Waals surface area contributed by atoms with Gasteiger partial charge in [-0.05, 0) is 75.5 Å². The van der Waals surface area contributed by atoms with Crippen molar-refractivity contribution in [3.8, 4) is 11.5 Å². The largest absolute Gasteiger partial charge is 0.481 e. The number of piperidine rings is 1. The zero-order valence-corrected chi connectivity index (χ0v) is 23.4. The Labute approximate surface area is 233 Å². The fraction of sp³-hybridized carbons (Fsp3) is 0.375. The van der Waals surface area contributed by atoms with E-state index in [0.29, 0.717) is 30.0 Å². The predicted octanol–water partition coefficient (Wildman–Crippen LogP) is 5.69. The maximum atomic E-state index is 14.9. The highest BCUT2D eigenvalue weighted by molar-refractivity contribution is 7.93. The van der Waals surface area contributed by atoms with Crippen LogP contribution in [0, 0.1) is 11.7 Å². The highest BCUT2D eigenvalue weighted by Crippen LogP contribution is 2.36. The molecule has 38 heavy (non-hydrogen) atoms. The minimum atomic E-state index is -4.29. The first-order valence-corrected chi connectivity index (χ1v) is 14.8. The molecule has 1 aliphatic rings. The molecule has 1 aromatic heterocycles. The van der Waals surface area contributed by atoms with Gasteiger partial charge in [0.1, 0.15) is 28.5 Å². The molecule has 0 spiro atoms. The first-order valence-electron chi connectivity index (χ1n) is 11.7. The van der Waals surface area contributed by atoms with Gasteiger partial charge in [0.2, 0.25) is 5.13 Å². The second kappa shape index (κ2) is 12.1. The normalized spacial score (nSPS) is 18.3. The van der Waals surface area contributed by atoms with E-state index in [1.165, 1.54) is 6.33 Å². The molecule has 0 bridgehead atoms. The average molecular weight is 604 g/mol. The zero-order valence-electron chi connectivity index (χ0n) is 20.2. The average Bonchev–Trinajstić information content (AvgIpc) is 3.35. The number of carboxylic acids is 1. The van der Waals surface area contributed by atoms with Crippen LogP contribution in [0.1, 0.15) is 31.7 Å². The molecule has 204 valence electrons. The number of anilines is 1. The minimum Gasteiger partial charge on any atom is -0.481 e. The van der Waals surface area contributed by atoms with Crippen molar-refractivity contribution in [3.05, 3.63) is 58.1 Å². The second-order valence-electron chi connectivity index (χ2n) is 8.97. The van der Waals surface area contributed by atoms with E-state index < -0.39 is 26.7 Å². The maximum Gasteiger partial charge on any atom is 0.306 e. The predicted molar refractivity (Wildman–Crippen MR) is 143 cm³/mol. The number of aromatic nitrogens is 2. The van der Waals surface area contributed by atoms with E-state index in [1.54, 1.807) is 18.2 Å². The van der Waals surface area contributed by atoms with Crippen molar-refractivity contribution in [2.45, 2.75) is 43.5 Å². The molecule has 2 aromatic carbocycles. The smallest absolute Gasteiger partial charge is 0.306 e. The molecule has 0 amide bonds. The van der Waals surface area contributed by atoms with E-state index >= 15 is 0 Å². The molecule has 14 heteroatoms. The highest BCUT2D eigenvalue weighted by atomic mass is 35.5. The number of carbonyl (C=O) groups is 1. The van der Waals surface area contributed by atoms with E-state index in [4.69, 9.17) is 27.9 Å². The van der Waals surface area contributed by atoms with Gasteiger partial charge in [-0.1, -0.05) is 23.2 Å². The number of halogens is 3. The third kappa shape index (κ3) is 6.92. The lowest BCUT2D eigenvalue weighted by Crippen LogP contribution is -2.43. The molecule has 2 N–H and O–H groups in total. The van der Waals surface area contributed by atoms with Crippen LogP contribution in [0.3, 0.4) is 0 Å². The molecule has 2 atom stereocenters. The monoisotopic (exact) mass is 602 g/mol. The number of hydrogen-bond donors (Lipinski definition) is 2. The van der Waals surface area contributed by atoms with E-state index in [2.05, 4.69) is 19.0 Å². The van der Waals surface area contributed by atoms with Crippen molar-refractivity contribution < 1.29 is 27.4 Å². The summed E-state index contributed by atoms with van der Waals surface area (Å²) in [5.41, 5.74) is 0.775. The van der Waals surface area contributed by atoms with Crippen molar-refractivity contribution in [3.63, 3.8) is 0 Å². The van der Waals surface area contributed by atoms with Crippen molar-refractivity contribution >= 4 is 55.9 Å². The summed E-state index contributed by atoms with van der Waals surface area (Å²) in [6.45, 7) is 3.52. The molecule has 0 aliphatic carbocycles. The summed E-state index contributed by atoms with van der Waals surface area (Å²) >= 11 is 13.3. The van der Waals surface area contributed by atoms with E-state index in [0.717, 1.165) is 48.7 Å². The van der Waals surface area contributed by atoms with Crippen LogP contribution >= 0.6 is 34.7 Å². The summed E-state index contributed by atoms with van der Waals surface area (Å²) in [6.07, 6.45) is 3.77. The van der Waals surface area contributed by atoms with Crippen molar-refractivity contribution in [1.82, 2.24) is 14.3 Å². The molecule has 1 saturated heterocycles. The molecule has 1 aliphatic heterocycles. The molecule has 9 nitrogen and oxygen atoms in total. The van der Waals surface area contributed by atoms with Gasteiger partial charge >= 0.3 is 5.97 Å². The Morgan fingerprint density at radius 1 is 1.29 bits per heavy atom. The van der Waals surface area contributed by atoms with Gasteiger partial charge in [0.15, 0.2) is 0 Å². The Kier molecular flexibility index (Phi) is 9.09. The number of nitrogens with one attached hydrogen (secondary N) is 1. The van der Waals surface area contributed by atoms with Crippen LogP contribution in [-0.4, -0.2) is 52.9 Å². The molecule has 3 aromatic rings. The lowest BCUT2D eigenvalue weighted by Gasteiger charge is -2.36. The molecule has 1 fully saturated rings. The van der Waals surface area contributed by atoms with Crippen LogP contribution in [0.2, 0.25) is 10.0 Å². The summed E-state index contributed by atoms with van der Waals surface area (Å²) in [7, 11) is -4.29. The standard InChI is InChI=1S/C24H25Cl2FN4O5S2/c1-14-9-16(23(32)33)6-8-31(14)7-2-3-15-10-17(25)4-5-20(15)36-21-12-19(27)22(11-18(21)26)38(34,35)30-24-28-13-29-37-24/h4-5,10-14,16H,2-3,6-9H2,1H3,(H,32,33)(H,28,29,30). The quantitative estimate of drug-likeness (QED) is 0.303. The van der Waals surface area contributed by atoms with Crippen LogP contribution in [0.4, 0.5) is 9.52 Å². The number of rotatable bonds is 10. The Morgan fingerprint density at radius 3 is 2.76 bits per heavy atom. The summed E-state index contributed by atoms with van der Waals surface area (Å²) in [5.74, 6) is -1.73. The third-order valence-corrected chi connectivity index (χ3v) is 8.95. The Balaban J connectivity index is 1.45. The van der Waals surface area contributed by atoms with Gasteiger partial charge in [0.25, 0.3) is 10.0 Å².